The van der Waals surface area contributed by atoms with Gasteiger partial charge >= 0.3 is 6.18 Å². The second kappa shape index (κ2) is 11.1. The molecule has 0 fully saturated rings. The van der Waals surface area contributed by atoms with Crippen LogP contribution >= 0.6 is 0 Å². The summed E-state index contributed by atoms with van der Waals surface area (Å²) in [5, 5.41) is 6.30. The number of methoxy groups -OCH3 is 1. The number of pyridine rings is 1. The number of halogens is 3. The normalized spacial score (nSPS) is 11.7. The molecule has 2 rings (SSSR count). The van der Waals surface area contributed by atoms with E-state index in [2.05, 4.69) is 25.3 Å². The Balaban J connectivity index is 2.04. The van der Waals surface area contributed by atoms with Crippen LogP contribution < -0.4 is 24.8 Å². The molecule has 1 aromatic carbocycles. The van der Waals surface area contributed by atoms with Crippen LogP contribution in [0.1, 0.15) is 19.4 Å². The third kappa shape index (κ3) is 7.69. The molecule has 164 valence electrons. The maximum Gasteiger partial charge on any atom is 0.422 e. The zero-order valence-electron chi connectivity index (χ0n) is 17.0. The number of nitrogens with one attached hydrogen (secondary N) is 2. The van der Waals surface area contributed by atoms with Gasteiger partial charge in [0.1, 0.15) is 0 Å². The number of benzene rings is 1. The van der Waals surface area contributed by atoms with Gasteiger partial charge in [-0.2, -0.15) is 13.2 Å². The van der Waals surface area contributed by atoms with Gasteiger partial charge in [-0.1, -0.05) is 6.07 Å². The molecule has 30 heavy (non-hydrogen) atoms. The molecule has 10 heteroatoms. The quantitative estimate of drug-likeness (QED) is 0.466. The van der Waals surface area contributed by atoms with E-state index >= 15 is 0 Å². The lowest BCUT2D eigenvalue weighted by Crippen LogP contribution is -2.30. The molecule has 2 N–H and O–H groups in total. The second-order valence-corrected chi connectivity index (χ2v) is 6.03. The van der Waals surface area contributed by atoms with Crippen molar-refractivity contribution < 1.29 is 27.4 Å². The molecular formula is C20H25F3N4O3. The fraction of sp³-hybridized carbons (Fsp3) is 0.400. The summed E-state index contributed by atoms with van der Waals surface area (Å²) in [6.07, 6.45) is -2.97. The van der Waals surface area contributed by atoms with E-state index in [1.807, 2.05) is 19.9 Å². The van der Waals surface area contributed by atoms with Crippen molar-refractivity contribution in [3.8, 4) is 17.4 Å². The van der Waals surface area contributed by atoms with Crippen LogP contribution in [0.5, 0.6) is 17.4 Å². The highest BCUT2D eigenvalue weighted by Crippen LogP contribution is 2.30. The number of aliphatic imine (C=N–C) groups is 1. The van der Waals surface area contributed by atoms with Crippen molar-refractivity contribution in [2.45, 2.75) is 26.6 Å². The third-order valence-corrected chi connectivity index (χ3v) is 3.67. The minimum Gasteiger partial charge on any atom is -0.493 e. The molecule has 0 atom stereocenters. The van der Waals surface area contributed by atoms with Crippen LogP contribution in [0.4, 0.5) is 18.9 Å². The van der Waals surface area contributed by atoms with Crippen LogP contribution in [-0.4, -0.2) is 44.0 Å². The van der Waals surface area contributed by atoms with Gasteiger partial charge in [-0.15, -0.1) is 0 Å². The van der Waals surface area contributed by atoms with Gasteiger partial charge in [0.15, 0.2) is 24.1 Å². The number of alkyl halides is 3. The zero-order valence-corrected chi connectivity index (χ0v) is 17.0. The Labute approximate surface area is 173 Å². The van der Waals surface area contributed by atoms with Crippen LogP contribution in [0.2, 0.25) is 0 Å². The first-order valence-corrected chi connectivity index (χ1v) is 9.35. The summed E-state index contributed by atoms with van der Waals surface area (Å²) in [6, 6.07) is 8.44. The SMILES string of the molecule is CCNC(=NCc1ccc(OCC(F)(F)F)nc1)Nc1ccc(OCC)c(OC)c1. The summed E-state index contributed by atoms with van der Waals surface area (Å²) in [5.41, 5.74) is 1.47. The molecule has 0 spiro atoms. The molecule has 0 saturated heterocycles. The average molecular weight is 426 g/mol. The maximum atomic E-state index is 12.2. The minimum atomic E-state index is -4.40. The molecule has 0 saturated carbocycles. The smallest absolute Gasteiger partial charge is 0.422 e. The number of aromatic nitrogens is 1. The summed E-state index contributed by atoms with van der Waals surface area (Å²) in [4.78, 5) is 8.35. The van der Waals surface area contributed by atoms with Gasteiger partial charge in [0.05, 0.1) is 20.3 Å². The van der Waals surface area contributed by atoms with Gasteiger partial charge in [-0.05, 0) is 31.5 Å². The molecule has 2 aromatic rings. The fourth-order valence-electron chi connectivity index (χ4n) is 2.38. The Kier molecular flexibility index (Phi) is 8.57. The summed E-state index contributed by atoms with van der Waals surface area (Å²) >= 11 is 0. The van der Waals surface area contributed by atoms with Crippen molar-refractivity contribution in [3.63, 3.8) is 0 Å². The van der Waals surface area contributed by atoms with E-state index in [0.29, 0.717) is 30.6 Å². The van der Waals surface area contributed by atoms with E-state index < -0.39 is 12.8 Å². The Morgan fingerprint density at radius 3 is 2.50 bits per heavy atom. The lowest BCUT2D eigenvalue weighted by atomic mass is 10.2. The van der Waals surface area contributed by atoms with Gasteiger partial charge in [-0.25, -0.2) is 9.98 Å². The van der Waals surface area contributed by atoms with Gasteiger partial charge in [-0.3, -0.25) is 0 Å². The van der Waals surface area contributed by atoms with E-state index in [0.717, 1.165) is 11.3 Å². The lowest BCUT2D eigenvalue weighted by molar-refractivity contribution is -0.154. The maximum absolute atomic E-state index is 12.2. The summed E-state index contributed by atoms with van der Waals surface area (Å²) in [5.74, 6) is 1.68. The summed E-state index contributed by atoms with van der Waals surface area (Å²) < 4.78 is 52.0. The highest BCUT2D eigenvalue weighted by Gasteiger charge is 2.28. The number of hydrogen-bond donors (Lipinski definition) is 2. The van der Waals surface area contributed by atoms with E-state index in [1.54, 1.807) is 25.3 Å². The highest BCUT2D eigenvalue weighted by atomic mass is 19.4. The van der Waals surface area contributed by atoms with Gasteiger partial charge in [0, 0.05) is 30.6 Å². The minimum absolute atomic E-state index is 0.0911. The number of rotatable bonds is 9. The summed E-state index contributed by atoms with van der Waals surface area (Å²) in [7, 11) is 1.57. The standard InChI is InChI=1S/C20H25F3N4O3/c1-4-24-19(27-15-7-8-16(29-5-2)17(10-15)28-3)26-12-14-6-9-18(25-11-14)30-13-20(21,22)23/h6-11H,4-5,12-13H2,1-3H3,(H2,24,26,27). The number of ether oxygens (including phenoxy) is 3. The molecule has 0 aliphatic heterocycles. The van der Waals surface area contributed by atoms with Crippen molar-refractivity contribution in [2.24, 2.45) is 4.99 Å². The van der Waals surface area contributed by atoms with Gasteiger partial charge in [0.2, 0.25) is 5.88 Å². The third-order valence-electron chi connectivity index (χ3n) is 3.67. The van der Waals surface area contributed by atoms with Crippen LogP contribution in [0.25, 0.3) is 0 Å². The van der Waals surface area contributed by atoms with Crippen molar-refractivity contribution in [1.82, 2.24) is 10.3 Å². The van der Waals surface area contributed by atoms with E-state index in [4.69, 9.17) is 9.47 Å². The molecular weight excluding hydrogens is 401 g/mol. The Bertz CT molecular complexity index is 827. The number of anilines is 1. The van der Waals surface area contributed by atoms with Gasteiger partial charge < -0.3 is 24.8 Å². The number of nitrogens with zero attached hydrogens (tertiary/aromatic N) is 2. The second-order valence-electron chi connectivity index (χ2n) is 6.03. The van der Waals surface area contributed by atoms with E-state index in [1.165, 1.54) is 12.3 Å². The lowest BCUT2D eigenvalue weighted by Gasteiger charge is -2.14. The molecule has 0 amide bonds. The van der Waals surface area contributed by atoms with Crippen LogP contribution in [-0.2, 0) is 6.54 Å². The molecule has 1 aromatic heterocycles. The predicted molar refractivity (Wildman–Crippen MR) is 108 cm³/mol. The molecule has 0 radical (unpaired) electrons. The highest BCUT2D eigenvalue weighted by molar-refractivity contribution is 5.93. The van der Waals surface area contributed by atoms with E-state index in [-0.39, 0.29) is 12.4 Å². The Morgan fingerprint density at radius 1 is 1.10 bits per heavy atom. The van der Waals surface area contributed by atoms with Crippen LogP contribution in [0, 0.1) is 0 Å². The molecule has 0 aliphatic carbocycles. The van der Waals surface area contributed by atoms with Crippen LogP contribution in [0.3, 0.4) is 0 Å². The van der Waals surface area contributed by atoms with Crippen molar-refractivity contribution in [1.29, 1.82) is 0 Å². The topological polar surface area (TPSA) is 77.0 Å². The number of guanidine groups is 1. The summed E-state index contributed by atoms with van der Waals surface area (Å²) in [6.45, 7) is 3.90. The van der Waals surface area contributed by atoms with Crippen molar-refractivity contribution >= 4 is 11.6 Å². The van der Waals surface area contributed by atoms with Crippen molar-refractivity contribution in [2.75, 3.05) is 32.2 Å². The first kappa shape index (κ1) is 23.1. The Morgan fingerprint density at radius 2 is 1.90 bits per heavy atom. The molecule has 7 nitrogen and oxygen atoms in total. The predicted octanol–water partition coefficient (Wildman–Crippen LogP) is 4.01. The fourth-order valence-corrected chi connectivity index (χ4v) is 2.38. The van der Waals surface area contributed by atoms with Crippen LogP contribution in [0.15, 0.2) is 41.5 Å². The molecule has 0 bridgehead atoms. The zero-order chi connectivity index (χ0) is 22.0. The van der Waals surface area contributed by atoms with Gasteiger partial charge in [0.25, 0.3) is 0 Å². The van der Waals surface area contributed by atoms with Crippen molar-refractivity contribution in [3.05, 3.63) is 42.1 Å². The average Bonchev–Trinajstić information content (AvgIpc) is 2.72. The first-order chi connectivity index (χ1) is 14.3. The Hall–Kier alpha value is -3.17. The molecule has 0 aliphatic rings. The van der Waals surface area contributed by atoms with E-state index in [9.17, 15) is 13.2 Å². The molecule has 1 heterocycles. The largest absolute Gasteiger partial charge is 0.493 e. The molecule has 0 unspecified atom stereocenters. The monoisotopic (exact) mass is 426 g/mol. The first-order valence-electron chi connectivity index (χ1n) is 9.35. The number of hydrogen-bond acceptors (Lipinski definition) is 5.